The Bertz CT molecular complexity index is 2960. The summed E-state index contributed by atoms with van der Waals surface area (Å²) in [4.78, 5) is 2.36. The van der Waals surface area contributed by atoms with Crippen LogP contribution in [0.15, 0.2) is 182 Å². The van der Waals surface area contributed by atoms with Crippen LogP contribution in [-0.2, 0) is 10.8 Å². The molecule has 56 heavy (non-hydrogen) atoms. The van der Waals surface area contributed by atoms with Gasteiger partial charge in [0.1, 0.15) is 0 Å². The number of aromatic nitrogens is 1. The normalized spacial score (nSPS) is 14.4. The molecular formula is C54H42N2. The van der Waals surface area contributed by atoms with Crippen molar-refractivity contribution in [2.45, 2.75) is 38.5 Å². The van der Waals surface area contributed by atoms with Gasteiger partial charge in [-0.25, -0.2) is 0 Å². The first-order valence-electron chi connectivity index (χ1n) is 19.8. The third-order valence-electron chi connectivity index (χ3n) is 12.8. The number of benzene rings is 8. The van der Waals surface area contributed by atoms with Crippen LogP contribution in [-0.4, -0.2) is 4.57 Å². The van der Waals surface area contributed by atoms with E-state index >= 15 is 0 Å². The van der Waals surface area contributed by atoms with Crippen LogP contribution in [0.1, 0.15) is 49.9 Å². The van der Waals surface area contributed by atoms with Gasteiger partial charge in [-0.3, -0.25) is 0 Å². The average Bonchev–Trinajstić information content (AvgIpc) is 3.77. The molecule has 0 amide bonds. The topological polar surface area (TPSA) is 8.17 Å². The zero-order valence-electron chi connectivity index (χ0n) is 32.2. The first-order chi connectivity index (χ1) is 27.3. The van der Waals surface area contributed by atoms with E-state index in [1.807, 2.05) is 0 Å². The van der Waals surface area contributed by atoms with E-state index in [0.29, 0.717) is 0 Å². The minimum absolute atomic E-state index is 0.0693. The lowest BCUT2D eigenvalue weighted by atomic mass is 9.81. The Balaban J connectivity index is 1.05. The number of hydrogen-bond acceptors (Lipinski definition) is 1. The lowest BCUT2D eigenvalue weighted by Crippen LogP contribution is -2.16. The highest BCUT2D eigenvalue weighted by atomic mass is 15.1. The molecule has 0 spiro atoms. The molecule has 0 unspecified atom stereocenters. The number of fused-ring (bicyclic) bond motifs is 9. The standard InChI is InChI=1S/C54H42N2/c1-53(2)47-23-15-14-22-41(47)44-33-46-45-30-35(25-29-51(45)56(52(46)34-50(44)53)39-20-12-7-13-21-39)36-24-27-42-43-28-26-40(32-49(43)54(3,4)48(42)31-36)55(37-16-8-5-9-17-37)38-18-10-6-11-19-38/h5-34H,1-4H3. The zero-order chi connectivity index (χ0) is 37.8. The smallest absolute Gasteiger partial charge is 0.0544 e. The van der Waals surface area contributed by atoms with Gasteiger partial charge in [0.15, 0.2) is 0 Å². The van der Waals surface area contributed by atoms with Crippen LogP contribution in [0.2, 0.25) is 0 Å². The second-order valence-electron chi connectivity index (χ2n) is 16.6. The molecule has 2 aliphatic rings. The summed E-state index contributed by atoms with van der Waals surface area (Å²) >= 11 is 0. The molecule has 0 N–H and O–H groups in total. The molecule has 268 valence electrons. The Morgan fingerprint density at radius 2 is 0.875 bits per heavy atom. The lowest BCUT2D eigenvalue weighted by Gasteiger charge is -2.28. The first kappa shape index (κ1) is 32.8. The van der Waals surface area contributed by atoms with E-state index in [4.69, 9.17) is 0 Å². The number of nitrogens with zero attached hydrogens (tertiary/aromatic N) is 2. The van der Waals surface area contributed by atoms with Crippen LogP contribution in [0, 0.1) is 0 Å². The van der Waals surface area contributed by atoms with Crippen LogP contribution in [0.3, 0.4) is 0 Å². The molecule has 8 aromatic carbocycles. The molecular weight excluding hydrogens is 677 g/mol. The highest BCUT2D eigenvalue weighted by Crippen LogP contribution is 2.53. The minimum Gasteiger partial charge on any atom is -0.310 e. The molecule has 0 aliphatic heterocycles. The van der Waals surface area contributed by atoms with Crippen molar-refractivity contribution in [2.75, 3.05) is 4.90 Å². The Hall–Kier alpha value is -6.64. The number of anilines is 3. The van der Waals surface area contributed by atoms with Gasteiger partial charge in [-0.15, -0.1) is 0 Å². The molecule has 0 saturated heterocycles. The van der Waals surface area contributed by atoms with Gasteiger partial charge >= 0.3 is 0 Å². The molecule has 0 bridgehead atoms. The molecule has 0 fully saturated rings. The maximum Gasteiger partial charge on any atom is 0.0544 e. The number of rotatable bonds is 5. The second kappa shape index (κ2) is 11.9. The molecule has 2 nitrogen and oxygen atoms in total. The Labute approximate surface area is 328 Å². The van der Waals surface area contributed by atoms with E-state index in [1.54, 1.807) is 0 Å². The molecule has 2 heteroatoms. The summed E-state index contributed by atoms with van der Waals surface area (Å²) in [6.45, 7) is 9.51. The maximum atomic E-state index is 2.47. The highest BCUT2D eigenvalue weighted by molar-refractivity contribution is 6.12. The largest absolute Gasteiger partial charge is 0.310 e. The van der Waals surface area contributed by atoms with E-state index in [0.717, 1.165) is 11.4 Å². The van der Waals surface area contributed by atoms with Crippen molar-refractivity contribution in [2.24, 2.45) is 0 Å². The molecule has 1 heterocycles. The fourth-order valence-corrected chi connectivity index (χ4v) is 9.89. The quantitative estimate of drug-likeness (QED) is 0.172. The van der Waals surface area contributed by atoms with Crippen molar-refractivity contribution in [3.05, 3.63) is 204 Å². The van der Waals surface area contributed by atoms with Gasteiger partial charge in [0, 0.05) is 44.4 Å². The van der Waals surface area contributed by atoms with Gasteiger partial charge < -0.3 is 9.47 Å². The van der Waals surface area contributed by atoms with Crippen molar-refractivity contribution >= 4 is 38.9 Å². The van der Waals surface area contributed by atoms with E-state index < -0.39 is 0 Å². The minimum atomic E-state index is -0.177. The third-order valence-corrected chi connectivity index (χ3v) is 12.8. The molecule has 1 aromatic heterocycles. The van der Waals surface area contributed by atoms with Crippen molar-refractivity contribution < 1.29 is 0 Å². The molecule has 0 saturated carbocycles. The SMILES string of the molecule is CC1(C)c2cc(-c3ccc4c(c3)c3cc5c(cc3n4-c3ccccc3)C(C)(C)c3ccccc3-5)ccc2-c2ccc(N(c3ccccc3)c3ccccc3)cc21. The highest BCUT2D eigenvalue weighted by Gasteiger charge is 2.38. The van der Waals surface area contributed by atoms with Gasteiger partial charge in [0.2, 0.25) is 0 Å². The Morgan fingerprint density at radius 1 is 0.357 bits per heavy atom. The van der Waals surface area contributed by atoms with Crippen molar-refractivity contribution in [1.82, 2.24) is 4.57 Å². The van der Waals surface area contributed by atoms with Crippen LogP contribution in [0.5, 0.6) is 0 Å². The fraction of sp³-hybridized carbons (Fsp3) is 0.111. The van der Waals surface area contributed by atoms with Crippen molar-refractivity contribution in [1.29, 1.82) is 0 Å². The van der Waals surface area contributed by atoms with E-state index in [-0.39, 0.29) is 10.8 Å². The van der Waals surface area contributed by atoms with Crippen LogP contribution in [0.25, 0.3) is 60.9 Å². The lowest BCUT2D eigenvalue weighted by molar-refractivity contribution is 0.660. The second-order valence-corrected chi connectivity index (χ2v) is 16.6. The molecule has 2 aliphatic carbocycles. The summed E-state index contributed by atoms with van der Waals surface area (Å²) in [6, 6.07) is 67.4. The summed E-state index contributed by atoms with van der Waals surface area (Å²) < 4.78 is 2.46. The van der Waals surface area contributed by atoms with Gasteiger partial charge in [-0.1, -0.05) is 131 Å². The molecule has 9 aromatic rings. The van der Waals surface area contributed by atoms with E-state index in [1.165, 1.54) is 88.8 Å². The first-order valence-corrected chi connectivity index (χ1v) is 19.8. The molecule has 0 radical (unpaired) electrons. The maximum absolute atomic E-state index is 2.47. The monoisotopic (exact) mass is 718 g/mol. The molecule has 11 rings (SSSR count). The van der Waals surface area contributed by atoms with Crippen LogP contribution >= 0.6 is 0 Å². The van der Waals surface area contributed by atoms with E-state index in [2.05, 4.69) is 219 Å². The van der Waals surface area contributed by atoms with Crippen LogP contribution in [0.4, 0.5) is 17.1 Å². The van der Waals surface area contributed by atoms with Crippen LogP contribution < -0.4 is 4.90 Å². The molecule has 0 atom stereocenters. The van der Waals surface area contributed by atoms with E-state index in [9.17, 15) is 0 Å². The average molecular weight is 719 g/mol. The zero-order valence-corrected chi connectivity index (χ0v) is 32.2. The predicted molar refractivity (Wildman–Crippen MR) is 236 cm³/mol. The summed E-state index contributed by atoms with van der Waals surface area (Å²) in [5.41, 5.74) is 20.2. The summed E-state index contributed by atoms with van der Waals surface area (Å²) in [5, 5.41) is 2.57. The third kappa shape index (κ3) is 4.69. The number of para-hydroxylation sites is 3. The van der Waals surface area contributed by atoms with Gasteiger partial charge in [0.25, 0.3) is 0 Å². The summed E-state index contributed by atoms with van der Waals surface area (Å²) in [7, 11) is 0. The van der Waals surface area contributed by atoms with Gasteiger partial charge in [-0.2, -0.15) is 0 Å². The fourth-order valence-electron chi connectivity index (χ4n) is 9.89. The number of hydrogen-bond donors (Lipinski definition) is 0. The van der Waals surface area contributed by atoms with Gasteiger partial charge in [-0.05, 0) is 134 Å². The van der Waals surface area contributed by atoms with Crippen molar-refractivity contribution in [3.63, 3.8) is 0 Å². The van der Waals surface area contributed by atoms with Crippen molar-refractivity contribution in [3.8, 4) is 39.1 Å². The summed E-state index contributed by atoms with van der Waals surface area (Å²) in [6.07, 6.45) is 0. The summed E-state index contributed by atoms with van der Waals surface area (Å²) in [5.74, 6) is 0. The van der Waals surface area contributed by atoms with Gasteiger partial charge in [0.05, 0.1) is 11.0 Å². The predicted octanol–water partition coefficient (Wildman–Crippen LogP) is 14.5. The Kier molecular flexibility index (Phi) is 6.98. The Morgan fingerprint density at radius 3 is 1.59 bits per heavy atom.